The lowest BCUT2D eigenvalue weighted by Gasteiger charge is -2.33. The first-order valence-electron chi connectivity index (χ1n) is 12.1. The average molecular weight is 565 g/mol. The molecule has 0 radical (unpaired) electrons. The standard InChI is InChI=1S/C28H28ClF3N2O3S/c1-27(2,3)16-7-12-21-22(14-16)38-26(34-23(35)15-37-20-10-8-18(29)9-11-20)24(21)25(36)33-19-6-4-5-17(13-19)28(30,31)32/h4-6,8-11,13,16H,7,12,14-15H2,1-3H3,(H,33,36)(H,34,35). The smallest absolute Gasteiger partial charge is 0.416 e. The van der Waals surface area contributed by atoms with Gasteiger partial charge in [-0.05, 0) is 78.6 Å². The Hall–Kier alpha value is -3.04. The van der Waals surface area contributed by atoms with Crippen molar-refractivity contribution in [3.8, 4) is 5.75 Å². The number of benzene rings is 2. The molecular formula is C28H28ClF3N2O3S. The highest BCUT2D eigenvalue weighted by molar-refractivity contribution is 7.17. The van der Waals surface area contributed by atoms with Crippen molar-refractivity contribution >= 4 is 45.4 Å². The Morgan fingerprint density at radius 3 is 2.45 bits per heavy atom. The van der Waals surface area contributed by atoms with Crippen LogP contribution in [0.5, 0.6) is 5.75 Å². The lowest BCUT2D eigenvalue weighted by molar-refractivity contribution is -0.137. The highest BCUT2D eigenvalue weighted by atomic mass is 35.5. The Labute approximate surface area is 228 Å². The van der Waals surface area contributed by atoms with Crippen LogP contribution in [-0.2, 0) is 23.8 Å². The molecule has 10 heteroatoms. The van der Waals surface area contributed by atoms with Gasteiger partial charge < -0.3 is 15.4 Å². The van der Waals surface area contributed by atoms with Crippen LogP contribution in [-0.4, -0.2) is 18.4 Å². The molecule has 1 aliphatic carbocycles. The van der Waals surface area contributed by atoms with E-state index in [1.165, 1.54) is 23.5 Å². The van der Waals surface area contributed by atoms with Crippen molar-refractivity contribution < 1.29 is 27.5 Å². The van der Waals surface area contributed by atoms with E-state index in [0.717, 1.165) is 35.4 Å². The van der Waals surface area contributed by atoms with Crippen molar-refractivity contribution in [2.75, 3.05) is 17.2 Å². The molecule has 2 aromatic carbocycles. The van der Waals surface area contributed by atoms with Gasteiger partial charge in [0.25, 0.3) is 11.8 Å². The van der Waals surface area contributed by atoms with Crippen molar-refractivity contribution in [1.29, 1.82) is 0 Å². The van der Waals surface area contributed by atoms with Gasteiger partial charge in [0, 0.05) is 15.6 Å². The van der Waals surface area contributed by atoms with Crippen LogP contribution in [0.25, 0.3) is 0 Å². The van der Waals surface area contributed by atoms with Crippen molar-refractivity contribution in [3.63, 3.8) is 0 Å². The van der Waals surface area contributed by atoms with Gasteiger partial charge in [0.05, 0.1) is 11.1 Å². The number of ether oxygens (including phenoxy) is 1. The van der Waals surface area contributed by atoms with Crippen LogP contribution >= 0.6 is 22.9 Å². The summed E-state index contributed by atoms with van der Waals surface area (Å²) >= 11 is 7.21. The molecule has 1 atom stereocenters. The highest BCUT2D eigenvalue weighted by Gasteiger charge is 2.35. The molecular weight excluding hydrogens is 537 g/mol. The normalized spacial score (nSPS) is 15.5. The topological polar surface area (TPSA) is 67.4 Å². The van der Waals surface area contributed by atoms with Crippen molar-refractivity contribution in [3.05, 3.63) is 75.1 Å². The molecule has 1 aliphatic rings. The zero-order valence-electron chi connectivity index (χ0n) is 21.2. The summed E-state index contributed by atoms with van der Waals surface area (Å²) in [6, 6.07) is 11.0. The molecule has 1 heterocycles. The molecule has 0 saturated carbocycles. The second-order valence-corrected chi connectivity index (χ2v) is 11.9. The van der Waals surface area contributed by atoms with E-state index >= 15 is 0 Å². The third kappa shape index (κ3) is 6.69. The summed E-state index contributed by atoms with van der Waals surface area (Å²) in [5.74, 6) is -0.167. The minimum Gasteiger partial charge on any atom is -0.484 e. The van der Waals surface area contributed by atoms with E-state index in [4.69, 9.17) is 16.3 Å². The number of carbonyl (C=O) groups is 2. The number of carbonyl (C=O) groups excluding carboxylic acids is 2. The first-order valence-corrected chi connectivity index (χ1v) is 13.3. The summed E-state index contributed by atoms with van der Waals surface area (Å²) in [5, 5.41) is 6.29. The van der Waals surface area contributed by atoms with E-state index in [0.29, 0.717) is 28.1 Å². The monoisotopic (exact) mass is 564 g/mol. The molecule has 38 heavy (non-hydrogen) atoms. The van der Waals surface area contributed by atoms with Gasteiger partial charge in [-0.2, -0.15) is 13.2 Å². The number of thiophene rings is 1. The Morgan fingerprint density at radius 1 is 1.08 bits per heavy atom. The number of nitrogens with one attached hydrogen (secondary N) is 2. The lowest BCUT2D eigenvalue weighted by Crippen LogP contribution is -2.27. The molecule has 1 unspecified atom stereocenters. The van der Waals surface area contributed by atoms with Crippen molar-refractivity contribution in [2.24, 2.45) is 11.3 Å². The van der Waals surface area contributed by atoms with Crippen LogP contribution in [0.1, 0.15) is 53.6 Å². The first-order chi connectivity index (χ1) is 17.8. The number of hydrogen-bond acceptors (Lipinski definition) is 4. The van der Waals surface area contributed by atoms with E-state index < -0.39 is 23.6 Å². The number of alkyl halides is 3. The molecule has 2 N–H and O–H groups in total. The van der Waals surface area contributed by atoms with Crippen molar-refractivity contribution in [1.82, 2.24) is 0 Å². The van der Waals surface area contributed by atoms with E-state index in [1.807, 2.05) is 0 Å². The number of rotatable bonds is 6. The van der Waals surface area contributed by atoms with Gasteiger partial charge in [-0.25, -0.2) is 0 Å². The Balaban J connectivity index is 1.59. The fourth-order valence-electron chi connectivity index (χ4n) is 4.46. The summed E-state index contributed by atoms with van der Waals surface area (Å²) in [4.78, 5) is 27.2. The maximum atomic E-state index is 13.4. The van der Waals surface area contributed by atoms with E-state index in [1.54, 1.807) is 24.3 Å². The van der Waals surface area contributed by atoms with Gasteiger partial charge in [0.15, 0.2) is 6.61 Å². The van der Waals surface area contributed by atoms with Gasteiger partial charge in [0.1, 0.15) is 10.8 Å². The molecule has 1 aromatic heterocycles. The quantitative estimate of drug-likeness (QED) is 0.320. The molecule has 0 aliphatic heterocycles. The number of amides is 2. The van der Waals surface area contributed by atoms with E-state index in [-0.39, 0.29) is 23.3 Å². The molecule has 4 rings (SSSR count). The van der Waals surface area contributed by atoms with E-state index in [9.17, 15) is 22.8 Å². The molecule has 0 bridgehead atoms. The Bertz CT molecular complexity index is 1330. The molecule has 0 fully saturated rings. The zero-order chi connectivity index (χ0) is 27.7. The second kappa shape index (κ2) is 11.0. The predicted octanol–water partition coefficient (Wildman–Crippen LogP) is 7.84. The van der Waals surface area contributed by atoms with Crippen LogP contribution < -0.4 is 15.4 Å². The summed E-state index contributed by atoms with van der Waals surface area (Å²) in [7, 11) is 0. The summed E-state index contributed by atoms with van der Waals surface area (Å²) in [5.41, 5.74) is 0.348. The van der Waals surface area contributed by atoms with Gasteiger partial charge >= 0.3 is 6.18 Å². The minimum atomic E-state index is -4.53. The lowest BCUT2D eigenvalue weighted by atomic mass is 9.72. The van der Waals surface area contributed by atoms with Crippen LogP contribution in [0, 0.1) is 11.3 Å². The second-order valence-electron chi connectivity index (χ2n) is 10.3. The number of fused-ring (bicyclic) bond motifs is 1. The molecule has 0 saturated heterocycles. The summed E-state index contributed by atoms with van der Waals surface area (Å²) in [6.07, 6.45) is -2.28. The number of anilines is 2. The Kier molecular flexibility index (Phi) is 8.09. The predicted molar refractivity (Wildman–Crippen MR) is 144 cm³/mol. The van der Waals surface area contributed by atoms with Gasteiger partial charge in [-0.3, -0.25) is 9.59 Å². The first kappa shape index (κ1) is 28.0. The number of halogens is 4. The molecule has 3 aromatic rings. The van der Waals surface area contributed by atoms with Crippen LogP contribution in [0.3, 0.4) is 0 Å². The third-order valence-electron chi connectivity index (χ3n) is 6.60. The van der Waals surface area contributed by atoms with Gasteiger partial charge in [-0.15, -0.1) is 11.3 Å². The van der Waals surface area contributed by atoms with Crippen molar-refractivity contribution in [2.45, 2.75) is 46.2 Å². The fourth-order valence-corrected chi connectivity index (χ4v) is 5.93. The highest BCUT2D eigenvalue weighted by Crippen LogP contribution is 2.44. The van der Waals surface area contributed by atoms with Gasteiger partial charge in [-0.1, -0.05) is 38.4 Å². The SMILES string of the molecule is CC(C)(C)C1CCc2c(sc(NC(=O)COc3ccc(Cl)cc3)c2C(=O)Nc2cccc(C(F)(F)F)c2)C1. The molecule has 0 spiro atoms. The zero-order valence-corrected chi connectivity index (χ0v) is 22.7. The largest absolute Gasteiger partial charge is 0.484 e. The molecule has 2 amide bonds. The Morgan fingerprint density at radius 2 is 1.79 bits per heavy atom. The van der Waals surface area contributed by atoms with Crippen LogP contribution in [0.4, 0.5) is 23.9 Å². The minimum absolute atomic E-state index is 0.0245. The third-order valence-corrected chi connectivity index (χ3v) is 8.02. The molecule has 202 valence electrons. The average Bonchev–Trinajstić information content (AvgIpc) is 3.20. The van der Waals surface area contributed by atoms with Gasteiger partial charge in [0.2, 0.25) is 0 Å². The fraction of sp³-hybridized carbons (Fsp3) is 0.357. The molecule has 5 nitrogen and oxygen atoms in total. The summed E-state index contributed by atoms with van der Waals surface area (Å²) < 4.78 is 45.1. The van der Waals surface area contributed by atoms with Crippen LogP contribution in [0.15, 0.2) is 48.5 Å². The maximum absolute atomic E-state index is 13.4. The van der Waals surface area contributed by atoms with E-state index in [2.05, 4.69) is 31.4 Å². The number of hydrogen-bond donors (Lipinski definition) is 2. The maximum Gasteiger partial charge on any atom is 0.416 e. The summed E-state index contributed by atoms with van der Waals surface area (Å²) in [6.45, 7) is 6.24. The van der Waals surface area contributed by atoms with Crippen LogP contribution in [0.2, 0.25) is 5.02 Å².